The van der Waals surface area contributed by atoms with Crippen molar-refractivity contribution >= 4 is 5.91 Å². The first-order chi connectivity index (χ1) is 3.22. The first-order valence-corrected chi connectivity index (χ1v) is 2.47. The Bertz CT molecular complexity index is 90.3. The van der Waals surface area contributed by atoms with E-state index in [1.54, 1.807) is 4.90 Å². The summed E-state index contributed by atoms with van der Waals surface area (Å²) in [4.78, 5) is 12.2. The van der Waals surface area contributed by atoms with Crippen LogP contribution in [0.15, 0.2) is 0 Å². The fraction of sp³-hybridized carbons (Fsp3) is 0.800. The van der Waals surface area contributed by atoms with Gasteiger partial charge in [0, 0.05) is 13.6 Å². The van der Waals surface area contributed by atoms with Gasteiger partial charge in [-0.25, -0.2) is 0 Å². The molecule has 1 heterocycles. The van der Waals surface area contributed by atoms with Crippen LogP contribution in [0.3, 0.4) is 0 Å². The lowest BCUT2D eigenvalue weighted by Gasteiger charge is -2.32. The molecule has 0 aromatic carbocycles. The Morgan fingerprint density at radius 1 is 1.86 bits per heavy atom. The molecule has 1 aliphatic heterocycles. The predicted molar refractivity (Wildman–Crippen MR) is 26.8 cm³/mol. The van der Waals surface area contributed by atoms with E-state index in [2.05, 4.69) is 0 Å². The smallest absolute Gasteiger partial charge is 0.226 e. The van der Waals surface area contributed by atoms with Gasteiger partial charge in [0.15, 0.2) is 0 Å². The first kappa shape index (κ1) is 4.62. The van der Waals surface area contributed by atoms with Crippen molar-refractivity contribution in [2.24, 2.45) is 5.92 Å². The molecule has 40 valence electrons. The molecule has 1 rings (SSSR count). The Kier molecular flexibility index (Phi) is 0.805. The number of amides is 1. The Hall–Kier alpha value is -0.530. The molecule has 0 aromatic heterocycles. The highest BCUT2D eigenvalue weighted by atomic mass is 16.2. The summed E-state index contributed by atoms with van der Waals surface area (Å²) in [7, 11) is 1.82. The third-order valence-electron chi connectivity index (χ3n) is 1.35. The standard InChI is InChI=1S/C5H9NO/c1-4-3-6(2)5(4)7/h4H,3H2,1-2H3/t4-/m1/s1. The van der Waals surface area contributed by atoms with Crippen LogP contribution in [0, 0.1) is 5.92 Å². The van der Waals surface area contributed by atoms with E-state index in [1.165, 1.54) is 0 Å². The van der Waals surface area contributed by atoms with Gasteiger partial charge in [-0.3, -0.25) is 4.79 Å². The van der Waals surface area contributed by atoms with E-state index in [0.29, 0.717) is 5.92 Å². The summed E-state index contributed by atoms with van der Waals surface area (Å²) >= 11 is 0. The average Bonchev–Trinajstić information content (AvgIpc) is 1.68. The average molecular weight is 99.1 g/mol. The molecule has 1 aliphatic rings. The van der Waals surface area contributed by atoms with Crippen LogP contribution in [-0.4, -0.2) is 24.4 Å². The van der Waals surface area contributed by atoms with Gasteiger partial charge in [0.05, 0.1) is 5.92 Å². The van der Waals surface area contributed by atoms with E-state index in [4.69, 9.17) is 0 Å². The van der Waals surface area contributed by atoms with Gasteiger partial charge in [-0.05, 0) is 0 Å². The second kappa shape index (κ2) is 1.22. The molecule has 2 nitrogen and oxygen atoms in total. The summed E-state index contributed by atoms with van der Waals surface area (Å²) in [6.07, 6.45) is 0. The fourth-order valence-electron chi connectivity index (χ4n) is 0.843. The second-order valence-electron chi connectivity index (χ2n) is 2.12. The lowest BCUT2D eigenvalue weighted by molar-refractivity contribution is -0.144. The first-order valence-electron chi connectivity index (χ1n) is 2.47. The molecule has 1 saturated heterocycles. The summed E-state index contributed by atoms with van der Waals surface area (Å²) in [5.41, 5.74) is 0. The Balaban J connectivity index is 2.44. The number of likely N-dealkylation sites (tertiary alicyclic amines) is 1. The molecule has 0 aliphatic carbocycles. The Labute approximate surface area is 43.1 Å². The highest BCUT2D eigenvalue weighted by Gasteiger charge is 2.28. The van der Waals surface area contributed by atoms with Crippen LogP contribution < -0.4 is 0 Å². The van der Waals surface area contributed by atoms with Crippen molar-refractivity contribution in [2.75, 3.05) is 13.6 Å². The lowest BCUT2D eigenvalue weighted by atomic mass is 10.0. The number of β-lactam (4-membered cyclic amide) rings is 1. The molecule has 1 fully saturated rings. The van der Waals surface area contributed by atoms with E-state index in [-0.39, 0.29) is 5.91 Å². The quantitative estimate of drug-likeness (QED) is 0.394. The highest BCUT2D eigenvalue weighted by Crippen LogP contribution is 2.12. The predicted octanol–water partition coefficient (Wildman–Crippen LogP) is 0.0945. The minimum atomic E-state index is 0.278. The summed E-state index contributed by atoms with van der Waals surface area (Å²) in [5, 5.41) is 0. The third kappa shape index (κ3) is 0.501. The monoisotopic (exact) mass is 99.1 g/mol. The third-order valence-corrected chi connectivity index (χ3v) is 1.35. The van der Waals surface area contributed by atoms with Crippen LogP contribution in [-0.2, 0) is 4.79 Å². The normalized spacial score (nSPS) is 30.3. The van der Waals surface area contributed by atoms with Crippen molar-refractivity contribution in [2.45, 2.75) is 6.92 Å². The fourth-order valence-corrected chi connectivity index (χ4v) is 0.843. The largest absolute Gasteiger partial charge is 0.345 e. The van der Waals surface area contributed by atoms with Crippen LogP contribution >= 0.6 is 0 Å². The van der Waals surface area contributed by atoms with Crippen molar-refractivity contribution in [1.29, 1.82) is 0 Å². The van der Waals surface area contributed by atoms with Gasteiger partial charge in [0.1, 0.15) is 0 Å². The van der Waals surface area contributed by atoms with Crippen molar-refractivity contribution in [3.63, 3.8) is 0 Å². The van der Waals surface area contributed by atoms with Crippen LogP contribution in [0.5, 0.6) is 0 Å². The van der Waals surface area contributed by atoms with Crippen LogP contribution in [0.2, 0.25) is 0 Å². The summed E-state index contributed by atoms with van der Waals surface area (Å²) in [5.74, 6) is 0.574. The zero-order chi connectivity index (χ0) is 5.44. The second-order valence-corrected chi connectivity index (χ2v) is 2.12. The molecular weight excluding hydrogens is 90.1 g/mol. The minimum absolute atomic E-state index is 0.278. The van der Waals surface area contributed by atoms with E-state index < -0.39 is 0 Å². The van der Waals surface area contributed by atoms with Gasteiger partial charge >= 0.3 is 0 Å². The molecule has 2 heteroatoms. The molecule has 0 aromatic rings. The number of rotatable bonds is 0. The number of carbonyl (C=O) groups excluding carboxylic acids is 1. The number of hydrogen-bond acceptors (Lipinski definition) is 1. The van der Waals surface area contributed by atoms with Crippen LogP contribution in [0.25, 0.3) is 0 Å². The zero-order valence-electron chi connectivity index (χ0n) is 4.64. The summed E-state index contributed by atoms with van der Waals surface area (Å²) < 4.78 is 0. The summed E-state index contributed by atoms with van der Waals surface area (Å²) in [6.45, 7) is 2.89. The molecule has 0 unspecified atom stereocenters. The topological polar surface area (TPSA) is 20.3 Å². The Morgan fingerprint density at radius 2 is 2.43 bits per heavy atom. The molecule has 0 saturated carbocycles. The van der Waals surface area contributed by atoms with Crippen molar-refractivity contribution in [3.8, 4) is 0 Å². The maximum atomic E-state index is 10.5. The van der Waals surface area contributed by atoms with Gasteiger partial charge in [-0.2, -0.15) is 0 Å². The molecule has 0 spiro atoms. The Morgan fingerprint density at radius 3 is 2.43 bits per heavy atom. The maximum absolute atomic E-state index is 10.5. The van der Waals surface area contributed by atoms with Crippen LogP contribution in [0.4, 0.5) is 0 Å². The van der Waals surface area contributed by atoms with Gasteiger partial charge in [-0.15, -0.1) is 0 Å². The maximum Gasteiger partial charge on any atom is 0.226 e. The SMILES string of the molecule is C[C@@H]1CN(C)C1=O. The van der Waals surface area contributed by atoms with Gasteiger partial charge in [0.25, 0.3) is 0 Å². The van der Waals surface area contributed by atoms with Gasteiger partial charge in [-0.1, -0.05) is 6.92 Å². The molecule has 7 heavy (non-hydrogen) atoms. The molecule has 0 N–H and O–H groups in total. The number of hydrogen-bond donors (Lipinski definition) is 0. The number of carbonyl (C=O) groups is 1. The molecule has 0 bridgehead atoms. The summed E-state index contributed by atoms with van der Waals surface area (Å²) in [6, 6.07) is 0. The van der Waals surface area contributed by atoms with E-state index >= 15 is 0 Å². The molecule has 1 amide bonds. The van der Waals surface area contributed by atoms with Crippen LogP contribution in [0.1, 0.15) is 6.92 Å². The molecule has 0 radical (unpaired) electrons. The van der Waals surface area contributed by atoms with Gasteiger partial charge in [0.2, 0.25) is 5.91 Å². The minimum Gasteiger partial charge on any atom is -0.345 e. The number of nitrogens with zero attached hydrogens (tertiary/aromatic N) is 1. The van der Waals surface area contributed by atoms with Crippen molar-refractivity contribution < 1.29 is 4.79 Å². The van der Waals surface area contributed by atoms with E-state index in [1.807, 2.05) is 14.0 Å². The zero-order valence-corrected chi connectivity index (χ0v) is 4.64. The van der Waals surface area contributed by atoms with Gasteiger partial charge < -0.3 is 4.90 Å². The highest BCUT2D eigenvalue weighted by molar-refractivity contribution is 5.83. The van der Waals surface area contributed by atoms with Crippen molar-refractivity contribution in [3.05, 3.63) is 0 Å². The lowest BCUT2D eigenvalue weighted by Crippen LogP contribution is -2.48. The molecular formula is C5H9NO. The van der Waals surface area contributed by atoms with Crippen molar-refractivity contribution in [1.82, 2.24) is 4.90 Å². The van der Waals surface area contributed by atoms with E-state index in [0.717, 1.165) is 6.54 Å². The van der Waals surface area contributed by atoms with E-state index in [9.17, 15) is 4.79 Å². The molecule has 1 atom stereocenters.